The molecule has 0 spiro atoms. The lowest BCUT2D eigenvalue weighted by Crippen LogP contribution is -2.14. The van der Waals surface area contributed by atoms with Gasteiger partial charge in [0.25, 0.3) is 0 Å². The molecule has 1 atom stereocenters. The highest BCUT2D eigenvalue weighted by Gasteiger charge is 2.28. The van der Waals surface area contributed by atoms with E-state index in [4.69, 9.17) is 4.74 Å². The number of methoxy groups -OCH3 is 1. The third-order valence-electron chi connectivity index (χ3n) is 6.63. The molecule has 4 heteroatoms. The quantitative estimate of drug-likeness (QED) is 0.296. The maximum absolute atomic E-state index is 14.1. The maximum atomic E-state index is 14.1. The number of aryl methyl sites for hydroxylation is 1. The average molecular weight is 441 g/mol. The van der Waals surface area contributed by atoms with Crippen LogP contribution in [-0.4, -0.2) is 25.4 Å². The van der Waals surface area contributed by atoms with Gasteiger partial charge in [0.05, 0.1) is 19.8 Å². The van der Waals surface area contributed by atoms with E-state index in [-0.39, 0.29) is 5.97 Å². The van der Waals surface area contributed by atoms with Crippen LogP contribution >= 0.6 is 7.14 Å². The molecule has 1 saturated carbocycles. The van der Waals surface area contributed by atoms with Crippen molar-refractivity contribution in [2.45, 2.75) is 65.0 Å². The fourth-order valence-electron chi connectivity index (χ4n) is 4.93. The largest absolute Gasteiger partial charge is 0.465 e. The summed E-state index contributed by atoms with van der Waals surface area (Å²) in [6.45, 7) is 4.23. The Balaban J connectivity index is 1.94. The Bertz CT molecular complexity index is 928. The third-order valence-corrected chi connectivity index (χ3v) is 9.88. The Morgan fingerprint density at radius 2 is 1.81 bits per heavy atom. The van der Waals surface area contributed by atoms with Crippen LogP contribution in [0.5, 0.6) is 0 Å². The lowest BCUT2D eigenvalue weighted by molar-refractivity contribution is 0.0601. The molecule has 0 saturated heterocycles. The first-order valence-electron chi connectivity index (χ1n) is 11.8. The Morgan fingerprint density at radius 1 is 1.06 bits per heavy atom. The van der Waals surface area contributed by atoms with Crippen molar-refractivity contribution in [3.63, 3.8) is 0 Å². The van der Waals surface area contributed by atoms with E-state index in [0.29, 0.717) is 17.6 Å². The van der Waals surface area contributed by atoms with Crippen molar-refractivity contribution in [2.24, 2.45) is 5.92 Å². The molecule has 1 fully saturated rings. The van der Waals surface area contributed by atoms with Crippen LogP contribution in [0.25, 0.3) is 11.1 Å². The fraction of sp³-hybridized carbons (Fsp3) is 0.519. The Morgan fingerprint density at radius 3 is 2.48 bits per heavy atom. The smallest absolute Gasteiger partial charge is 0.338 e. The zero-order valence-corrected chi connectivity index (χ0v) is 20.3. The molecule has 31 heavy (non-hydrogen) atoms. The van der Waals surface area contributed by atoms with Gasteiger partial charge < -0.3 is 9.30 Å². The summed E-state index contributed by atoms with van der Waals surface area (Å²) >= 11 is 0. The second-order valence-corrected chi connectivity index (χ2v) is 12.4. The summed E-state index contributed by atoms with van der Waals surface area (Å²) in [7, 11) is -0.894. The van der Waals surface area contributed by atoms with Crippen molar-refractivity contribution in [3.8, 4) is 11.1 Å². The zero-order valence-electron chi connectivity index (χ0n) is 19.4. The summed E-state index contributed by atoms with van der Waals surface area (Å²) in [6, 6.07) is 14.0. The normalized spacial score (nSPS) is 16.6. The van der Waals surface area contributed by atoms with Crippen LogP contribution < -0.4 is 0 Å². The van der Waals surface area contributed by atoms with Gasteiger partial charge in [-0.15, -0.1) is 0 Å². The first-order valence-corrected chi connectivity index (χ1v) is 14.1. The number of hydrogen-bond acceptors (Lipinski definition) is 3. The number of hydrogen-bond donors (Lipinski definition) is 0. The number of ether oxygens (including phenoxy) is 1. The standard InChI is InChI=1S/C27H37O3P/c1-4-5-17-31(29,19-22-12-7-6-8-13-22)20-23-15-16-25(27(28)30-3)26(18-23)24-14-10-9-11-21(24)2/h9-11,14-16,18,22H,4-8,12-13,17,19-20H2,1-3H3. The zero-order chi connectivity index (χ0) is 22.3. The topological polar surface area (TPSA) is 43.4 Å². The molecule has 0 bridgehead atoms. The molecule has 3 nitrogen and oxygen atoms in total. The van der Waals surface area contributed by atoms with E-state index >= 15 is 0 Å². The van der Waals surface area contributed by atoms with E-state index in [2.05, 4.69) is 26.0 Å². The van der Waals surface area contributed by atoms with Gasteiger partial charge in [-0.25, -0.2) is 4.79 Å². The van der Waals surface area contributed by atoms with Gasteiger partial charge in [-0.1, -0.05) is 75.8 Å². The summed E-state index contributed by atoms with van der Waals surface area (Å²) in [5.74, 6) is 0.280. The molecule has 3 rings (SSSR count). The van der Waals surface area contributed by atoms with E-state index in [1.54, 1.807) is 0 Å². The minimum atomic E-state index is -2.31. The molecule has 2 aromatic carbocycles. The molecule has 0 aromatic heterocycles. The predicted octanol–water partition coefficient (Wildman–Crippen LogP) is 7.69. The van der Waals surface area contributed by atoms with Crippen LogP contribution in [0.4, 0.5) is 0 Å². The molecule has 0 aliphatic heterocycles. The Hall–Kier alpha value is -1.86. The number of carbonyl (C=O) groups is 1. The lowest BCUT2D eigenvalue weighted by atomic mass is 9.91. The van der Waals surface area contributed by atoms with Crippen LogP contribution in [-0.2, 0) is 15.5 Å². The second-order valence-electron chi connectivity index (χ2n) is 9.17. The van der Waals surface area contributed by atoms with E-state index in [1.165, 1.54) is 39.2 Å². The van der Waals surface area contributed by atoms with Gasteiger partial charge in [-0.2, -0.15) is 0 Å². The first-order chi connectivity index (χ1) is 15.0. The highest BCUT2D eigenvalue weighted by atomic mass is 31.2. The predicted molar refractivity (Wildman–Crippen MR) is 130 cm³/mol. The fourth-order valence-corrected chi connectivity index (χ4v) is 8.46. The highest BCUT2D eigenvalue weighted by molar-refractivity contribution is 7.63. The van der Waals surface area contributed by atoms with Crippen molar-refractivity contribution in [2.75, 3.05) is 19.4 Å². The maximum Gasteiger partial charge on any atom is 0.338 e. The molecule has 0 heterocycles. The van der Waals surface area contributed by atoms with Crippen molar-refractivity contribution in [3.05, 3.63) is 59.2 Å². The number of carbonyl (C=O) groups excluding carboxylic acids is 1. The van der Waals surface area contributed by atoms with Gasteiger partial charge in [-0.05, 0) is 53.6 Å². The number of unbranched alkanes of at least 4 members (excludes halogenated alkanes) is 1. The summed E-state index contributed by atoms with van der Waals surface area (Å²) in [5.41, 5.74) is 4.65. The molecule has 0 radical (unpaired) electrons. The Labute approximate surface area is 188 Å². The number of esters is 1. The van der Waals surface area contributed by atoms with Gasteiger partial charge in [0.1, 0.15) is 0 Å². The van der Waals surface area contributed by atoms with Gasteiger partial charge in [0, 0.05) is 18.5 Å². The minimum Gasteiger partial charge on any atom is -0.465 e. The van der Waals surface area contributed by atoms with Crippen molar-refractivity contribution in [1.82, 2.24) is 0 Å². The van der Waals surface area contributed by atoms with Crippen LogP contribution in [0.15, 0.2) is 42.5 Å². The summed E-state index contributed by atoms with van der Waals surface area (Å²) in [4.78, 5) is 12.4. The number of rotatable bonds is 9. The molecule has 0 amide bonds. The van der Waals surface area contributed by atoms with Crippen molar-refractivity contribution >= 4 is 13.1 Å². The second kappa shape index (κ2) is 11.1. The molecule has 2 aromatic rings. The molecule has 1 aliphatic rings. The van der Waals surface area contributed by atoms with Gasteiger partial charge in [0.2, 0.25) is 0 Å². The molecule has 1 unspecified atom stereocenters. The highest BCUT2D eigenvalue weighted by Crippen LogP contribution is 2.53. The van der Waals surface area contributed by atoms with E-state index < -0.39 is 7.14 Å². The Kier molecular flexibility index (Phi) is 8.55. The SMILES string of the molecule is CCCCP(=O)(Cc1ccc(C(=O)OC)c(-c2ccccc2C)c1)CC1CCCCC1. The van der Waals surface area contributed by atoms with E-state index in [0.717, 1.165) is 47.4 Å². The van der Waals surface area contributed by atoms with E-state index in [9.17, 15) is 9.36 Å². The first kappa shape index (κ1) is 23.8. The lowest BCUT2D eigenvalue weighted by Gasteiger charge is -2.27. The van der Waals surface area contributed by atoms with Gasteiger partial charge in [0.15, 0.2) is 0 Å². The van der Waals surface area contributed by atoms with E-state index in [1.807, 2.05) is 30.3 Å². The van der Waals surface area contributed by atoms with Gasteiger partial charge >= 0.3 is 5.97 Å². The van der Waals surface area contributed by atoms with Crippen molar-refractivity contribution in [1.29, 1.82) is 0 Å². The molecular formula is C27H37O3P. The molecule has 168 valence electrons. The van der Waals surface area contributed by atoms with Crippen LogP contribution in [0.2, 0.25) is 0 Å². The monoisotopic (exact) mass is 440 g/mol. The number of benzene rings is 2. The molecule has 1 aliphatic carbocycles. The minimum absolute atomic E-state index is 0.332. The van der Waals surface area contributed by atoms with Crippen LogP contribution in [0.3, 0.4) is 0 Å². The molecule has 0 N–H and O–H groups in total. The van der Waals surface area contributed by atoms with Crippen LogP contribution in [0.1, 0.15) is 73.4 Å². The third kappa shape index (κ3) is 6.32. The van der Waals surface area contributed by atoms with Crippen LogP contribution in [0, 0.1) is 12.8 Å². The summed E-state index contributed by atoms with van der Waals surface area (Å²) < 4.78 is 19.1. The summed E-state index contributed by atoms with van der Waals surface area (Å²) in [5, 5.41) is 0. The van der Waals surface area contributed by atoms with Gasteiger partial charge in [-0.3, -0.25) is 0 Å². The molecular weight excluding hydrogens is 403 g/mol. The average Bonchev–Trinajstić information content (AvgIpc) is 2.78. The van der Waals surface area contributed by atoms with Crippen molar-refractivity contribution < 1.29 is 14.1 Å². The summed E-state index contributed by atoms with van der Waals surface area (Å²) in [6.07, 6.45) is 10.8.